The number of hydrogen-bond acceptors (Lipinski definition) is 5. The molecule has 4 aromatic rings. The van der Waals surface area contributed by atoms with Crippen molar-refractivity contribution in [2.75, 3.05) is 7.11 Å². The third kappa shape index (κ3) is 4.58. The fourth-order valence-corrected chi connectivity index (χ4v) is 3.76. The molecule has 0 bridgehead atoms. The van der Waals surface area contributed by atoms with E-state index in [1.54, 1.807) is 42.5 Å². The molecule has 0 unspecified atom stereocenters. The van der Waals surface area contributed by atoms with Crippen LogP contribution in [0.15, 0.2) is 77.6 Å². The molecule has 1 aromatic heterocycles. The van der Waals surface area contributed by atoms with Crippen molar-refractivity contribution in [2.45, 2.75) is 6.54 Å². The quantitative estimate of drug-likeness (QED) is 0.410. The molecule has 0 atom stereocenters. The minimum atomic E-state index is -0.766. The monoisotopic (exact) mass is 462 g/mol. The smallest absolute Gasteiger partial charge is 0.412 e. The number of methoxy groups -OCH3 is 1. The van der Waals surface area contributed by atoms with Crippen molar-refractivity contribution >= 4 is 34.6 Å². The number of para-hydroxylation sites is 1. The lowest BCUT2D eigenvalue weighted by molar-refractivity contribution is 0.0592. The second kappa shape index (κ2) is 9.58. The summed E-state index contributed by atoms with van der Waals surface area (Å²) in [5.74, 6) is -0.404. The Labute approximate surface area is 193 Å². The van der Waals surface area contributed by atoms with E-state index in [1.807, 2.05) is 30.3 Å². The highest BCUT2D eigenvalue weighted by Crippen LogP contribution is 2.33. The molecule has 0 spiro atoms. The molecule has 3 aromatic carbocycles. The van der Waals surface area contributed by atoms with Gasteiger partial charge in [-0.2, -0.15) is 0 Å². The Morgan fingerprint density at radius 1 is 0.970 bits per heavy atom. The molecule has 0 fully saturated rings. The van der Waals surface area contributed by atoms with E-state index in [9.17, 15) is 14.4 Å². The lowest BCUT2D eigenvalue weighted by Crippen LogP contribution is -2.31. The number of nitrogens with one attached hydrogen (secondary N) is 2. The molecule has 0 aliphatic heterocycles. The largest absolute Gasteiger partial charge is 0.464 e. The van der Waals surface area contributed by atoms with Gasteiger partial charge in [-0.3, -0.25) is 4.79 Å². The van der Waals surface area contributed by atoms with Gasteiger partial charge in [0.1, 0.15) is 11.4 Å². The number of fused-ring (bicyclic) bond motifs is 1. The highest BCUT2D eigenvalue weighted by molar-refractivity contribution is 6.35. The van der Waals surface area contributed by atoms with Gasteiger partial charge < -0.3 is 19.8 Å². The zero-order valence-electron chi connectivity index (χ0n) is 17.6. The molecule has 1 amide bonds. The van der Waals surface area contributed by atoms with Crippen molar-refractivity contribution in [3.05, 3.63) is 99.3 Å². The van der Waals surface area contributed by atoms with Gasteiger partial charge >= 0.3 is 12.1 Å². The molecule has 4 rings (SSSR count). The van der Waals surface area contributed by atoms with Gasteiger partial charge in [0.15, 0.2) is 5.43 Å². The van der Waals surface area contributed by atoms with Crippen LogP contribution in [0.2, 0.25) is 5.02 Å². The standard InChI is InChI=1S/C25H19ClN2O5/c1-32-24(30)22-18(14-27-25(31)33-16-10-6-3-7-11-16)23(29)17-12-13-19(26)20(21(17)28-22)15-8-4-2-5-9-15/h2-13H,14H2,1H3,(H,27,31)(H,28,29). The number of carbonyl (C=O) groups is 2. The Hall–Kier alpha value is -4.10. The molecule has 0 aliphatic rings. The number of amides is 1. The average molecular weight is 463 g/mol. The van der Waals surface area contributed by atoms with Gasteiger partial charge in [-0.25, -0.2) is 9.59 Å². The summed E-state index contributed by atoms with van der Waals surface area (Å²) in [5, 5.41) is 3.25. The van der Waals surface area contributed by atoms with Crippen molar-refractivity contribution in [1.29, 1.82) is 0 Å². The van der Waals surface area contributed by atoms with E-state index in [0.29, 0.717) is 27.2 Å². The number of aromatic amines is 1. The van der Waals surface area contributed by atoms with Crippen molar-refractivity contribution in [2.24, 2.45) is 0 Å². The number of hydrogen-bond donors (Lipinski definition) is 2. The van der Waals surface area contributed by atoms with Crippen molar-refractivity contribution in [3.63, 3.8) is 0 Å². The van der Waals surface area contributed by atoms with Gasteiger partial charge in [-0.1, -0.05) is 60.1 Å². The van der Waals surface area contributed by atoms with Crippen LogP contribution in [0.3, 0.4) is 0 Å². The Balaban J connectivity index is 1.77. The van der Waals surface area contributed by atoms with Gasteiger partial charge in [-0.05, 0) is 29.8 Å². The molecule has 1 heterocycles. The minimum Gasteiger partial charge on any atom is -0.464 e. The van der Waals surface area contributed by atoms with Gasteiger partial charge in [0.05, 0.1) is 29.8 Å². The maximum absolute atomic E-state index is 13.4. The summed E-state index contributed by atoms with van der Waals surface area (Å²) < 4.78 is 10.1. The van der Waals surface area contributed by atoms with Crippen molar-refractivity contribution in [3.8, 4) is 16.9 Å². The highest BCUT2D eigenvalue weighted by atomic mass is 35.5. The molecule has 0 aliphatic carbocycles. The zero-order valence-corrected chi connectivity index (χ0v) is 18.3. The fraction of sp³-hybridized carbons (Fsp3) is 0.0800. The summed E-state index contributed by atoms with van der Waals surface area (Å²) >= 11 is 6.46. The number of pyridine rings is 1. The summed E-state index contributed by atoms with van der Waals surface area (Å²) in [6.07, 6.45) is -0.766. The third-order valence-corrected chi connectivity index (χ3v) is 5.36. The van der Waals surface area contributed by atoms with Crippen LogP contribution in [0.5, 0.6) is 5.75 Å². The Kier molecular flexibility index (Phi) is 6.42. The van der Waals surface area contributed by atoms with Crippen molar-refractivity contribution in [1.82, 2.24) is 10.3 Å². The van der Waals surface area contributed by atoms with E-state index in [0.717, 1.165) is 5.56 Å². The van der Waals surface area contributed by atoms with Gasteiger partial charge in [0.2, 0.25) is 0 Å². The normalized spacial score (nSPS) is 10.6. The molecule has 2 N–H and O–H groups in total. The molecule has 0 saturated carbocycles. The van der Waals surface area contributed by atoms with Gasteiger partial charge in [0, 0.05) is 10.9 Å². The second-order valence-electron chi connectivity index (χ2n) is 7.07. The van der Waals surface area contributed by atoms with Crippen LogP contribution >= 0.6 is 11.6 Å². The van der Waals surface area contributed by atoms with Gasteiger partial charge in [0.25, 0.3) is 0 Å². The first-order valence-corrected chi connectivity index (χ1v) is 10.4. The van der Waals surface area contributed by atoms with Crippen LogP contribution < -0.4 is 15.5 Å². The summed E-state index contributed by atoms with van der Waals surface area (Å²) in [6.45, 7) is -0.245. The number of esters is 1. The fourth-order valence-electron chi connectivity index (χ4n) is 3.50. The highest BCUT2D eigenvalue weighted by Gasteiger charge is 2.22. The molecular weight excluding hydrogens is 444 g/mol. The van der Waals surface area contributed by atoms with Crippen LogP contribution in [-0.2, 0) is 11.3 Å². The Morgan fingerprint density at radius 3 is 2.30 bits per heavy atom. The van der Waals surface area contributed by atoms with E-state index in [1.165, 1.54) is 7.11 Å². The summed E-state index contributed by atoms with van der Waals surface area (Å²) in [4.78, 5) is 41.1. The number of aromatic nitrogens is 1. The number of ether oxygens (including phenoxy) is 2. The molecule has 33 heavy (non-hydrogen) atoms. The van der Waals surface area contributed by atoms with Crippen LogP contribution in [-0.4, -0.2) is 24.2 Å². The third-order valence-electron chi connectivity index (χ3n) is 5.04. The number of rotatable bonds is 5. The lowest BCUT2D eigenvalue weighted by Gasteiger charge is -2.14. The molecule has 0 saturated heterocycles. The average Bonchev–Trinajstić information content (AvgIpc) is 2.83. The van der Waals surface area contributed by atoms with E-state index >= 15 is 0 Å². The minimum absolute atomic E-state index is 0.0423. The maximum atomic E-state index is 13.4. The summed E-state index contributed by atoms with van der Waals surface area (Å²) in [5.41, 5.74) is 1.29. The molecular formula is C25H19ClN2O5. The zero-order chi connectivity index (χ0) is 23.4. The first-order chi connectivity index (χ1) is 16.0. The molecule has 8 heteroatoms. The van der Waals surface area contributed by atoms with Crippen molar-refractivity contribution < 1.29 is 19.1 Å². The maximum Gasteiger partial charge on any atom is 0.412 e. The van der Waals surface area contributed by atoms with E-state index in [2.05, 4.69) is 10.3 Å². The topological polar surface area (TPSA) is 97.5 Å². The van der Waals surface area contributed by atoms with E-state index in [4.69, 9.17) is 21.1 Å². The lowest BCUT2D eigenvalue weighted by atomic mass is 9.99. The van der Waals surface area contributed by atoms with E-state index in [-0.39, 0.29) is 17.8 Å². The SMILES string of the molecule is COC(=O)c1[nH]c2c(-c3ccccc3)c(Cl)ccc2c(=O)c1CNC(=O)Oc1ccccc1. The Morgan fingerprint density at radius 2 is 1.64 bits per heavy atom. The van der Waals surface area contributed by atoms with E-state index < -0.39 is 17.5 Å². The Bertz CT molecular complexity index is 1390. The number of H-pyrrole nitrogens is 1. The number of carbonyl (C=O) groups excluding carboxylic acids is 2. The van der Waals surface area contributed by atoms with Crippen LogP contribution in [0.1, 0.15) is 16.1 Å². The number of halogens is 1. The molecule has 166 valence electrons. The molecule has 7 nitrogen and oxygen atoms in total. The summed E-state index contributed by atoms with van der Waals surface area (Å²) in [7, 11) is 1.21. The van der Waals surface area contributed by atoms with Crippen LogP contribution in [0.25, 0.3) is 22.0 Å². The van der Waals surface area contributed by atoms with Gasteiger partial charge in [-0.15, -0.1) is 0 Å². The predicted molar refractivity (Wildman–Crippen MR) is 126 cm³/mol. The first-order valence-electron chi connectivity index (χ1n) is 10.0. The molecule has 0 radical (unpaired) electrons. The van der Waals surface area contributed by atoms with Crippen LogP contribution in [0, 0.1) is 0 Å². The number of benzene rings is 3. The summed E-state index contributed by atoms with van der Waals surface area (Å²) in [6, 6.07) is 21.0. The first kappa shape index (κ1) is 22.1. The predicted octanol–water partition coefficient (Wildman–Crippen LogP) is 4.92. The second-order valence-corrected chi connectivity index (χ2v) is 7.47. The van der Waals surface area contributed by atoms with Crippen LogP contribution in [0.4, 0.5) is 4.79 Å².